The molecule has 148 valence electrons. The fourth-order valence-electron chi connectivity index (χ4n) is 3.80. The first-order valence-electron chi connectivity index (χ1n) is 9.73. The van der Waals surface area contributed by atoms with Crippen LogP contribution in [-0.4, -0.2) is 31.1 Å². The standard InChI is InChI=1S/C21H23ClN2O3S/c22-14-6-3-5-13(11-14)19(25)24-21-18(16-8-1-2-9-17(16)28-21)20(26)23-12-15-7-4-10-27-15/h3,5-6,11,15H,1-2,4,7-10,12H2,(H,23,26)(H,24,25). The lowest BCUT2D eigenvalue weighted by molar-refractivity contribution is 0.0858. The Morgan fingerprint density at radius 2 is 2.04 bits per heavy atom. The van der Waals surface area contributed by atoms with Crippen molar-refractivity contribution in [2.45, 2.75) is 44.6 Å². The van der Waals surface area contributed by atoms with Gasteiger partial charge in [0.2, 0.25) is 0 Å². The topological polar surface area (TPSA) is 67.4 Å². The Morgan fingerprint density at radius 1 is 1.18 bits per heavy atom. The number of fused-ring (bicyclic) bond motifs is 1. The van der Waals surface area contributed by atoms with Gasteiger partial charge in [-0.15, -0.1) is 11.3 Å². The second-order valence-corrected chi connectivity index (χ2v) is 8.77. The zero-order valence-corrected chi connectivity index (χ0v) is 17.1. The van der Waals surface area contributed by atoms with E-state index in [1.807, 2.05) is 0 Å². The van der Waals surface area contributed by atoms with Gasteiger partial charge >= 0.3 is 0 Å². The van der Waals surface area contributed by atoms with Gasteiger partial charge in [0.15, 0.2) is 0 Å². The number of carbonyl (C=O) groups is 2. The molecule has 5 nitrogen and oxygen atoms in total. The summed E-state index contributed by atoms with van der Waals surface area (Å²) >= 11 is 7.52. The van der Waals surface area contributed by atoms with Gasteiger partial charge in [-0.05, 0) is 62.3 Å². The number of hydrogen-bond acceptors (Lipinski definition) is 4. The van der Waals surface area contributed by atoms with E-state index in [1.54, 1.807) is 24.3 Å². The third-order valence-corrected chi connectivity index (χ3v) is 6.67. The highest BCUT2D eigenvalue weighted by Gasteiger charge is 2.27. The molecule has 0 saturated carbocycles. The van der Waals surface area contributed by atoms with E-state index in [0.29, 0.717) is 27.7 Å². The van der Waals surface area contributed by atoms with Crippen LogP contribution in [-0.2, 0) is 17.6 Å². The second kappa shape index (κ2) is 8.64. The molecule has 28 heavy (non-hydrogen) atoms. The molecule has 0 radical (unpaired) electrons. The first-order chi connectivity index (χ1) is 13.6. The monoisotopic (exact) mass is 418 g/mol. The molecule has 7 heteroatoms. The van der Waals surface area contributed by atoms with Crippen LogP contribution in [0.2, 0.25) is 5.02 Å². The van der Waals surface area contributed by atoms with Crippen molar-refractivity contribution >= 4 is 39.8 Å². The van der Waals surface area contributed by atoms with Crippen LogP contribution in [0.25, 0.3) is 0 Å². The number of benzene rings is 1. The molecule has 1 aromatic heterocycles. The maximum atomic E-state index is 13.0. The van der Waals surface area contributed by atoms with Gasteiger partial charge in [-0.2, -0.15) is 0 Å². The number of aryl methyl sites for hydroxylation is 1. The molecule has 2 amide bonds. The van der Waals surface area contributed by atoms with Gasteiger partial charge in [-0.25, -0.2) is 0 Å². The van der Waals surface area contributed by atoms with Crippen molar-refractivity contribution < 1.29 is 14.3 Å². The summed E-state index contributed by atoms with van der Waals surface area (Å²) in [6.07, 6.45) is 6.11. The SMILES string of the molecule is O=C(Nc1sc2c(c1C(=O)NCC1CCCO1)CCCC2)c1cccc(Cl)c1. The van der Waals surface area contributed by atoms with E-state index in [2.05, 4.69) is 10.6 Å². The predicted molar refractivity (Wildman–Crippen MR) is 112 cm³/mol. The molecule has 2 N–H and O–H groups in total. The van der Waals surface area contributed by atoms with E-state index in [4.69, 9.17) is 16.3 Å². The average molecular weight is 419 g/mol. The number of carbonyl (C=O) groups excluding carboxylic acids is 2. The molecule has 2 aliphatic rings. The summed E-state index contributed by atoms with van der Waals surface area (Å²) in [5, 5.41) is 7.09. The molecule has 4 rings (SSSR count). The number of amides is 2. The van der Waals surface area contributed by atoms with Crippen molar-refractivity contribution in [1.29, 1.82) is 0 Å². The summed E-state index contributed by atoms with van der Waals surface area (Å²) in [5.74, 6) is -0.384. The molecular weight excluding hydrogens is 396 g/mol. The first kappa shape index (κ1) is 19.4. The Kier molecular flexibility index (Phi) is 5.99. The van der Waals surface area contributed by atoms with Crippen LogP contribution in [0.5, 0.6) is 0 Å². The van der Waals surface area contributed by atoms with Crippen molar-refractivity contribution in [2.24, 2.45) is 0 Å². The predicted octanol–water partition coefficient (Wildman–Crippen LogP) is 4.44. The van der Waals surface area contributed by atoms with Crippen LogP contribution < -0.4 is 10.6 Å². The summed E-state index contributed by atoms with van der Waals surface area (Å²) in [6.45, 7) is 1.26. The number of thiophene rings is 1. The highest BCUT2D eigenvalue weighted by molar-refractivity contribution is 7.17. The van der Waals surface area contributed by atoms with Crippen molar-refractivity contribution in [1.82, 2.24) is 5.32 Å². The number of rotatable bonds is 5. The van der Waals surface area contributed by atoms with E-state index in [0.717, 1.165) is 50.7 Å². The second-order valence-electron chi connectivity index (χ2n) is 7.22. The lowest BCUT2D eigenvalue weighted by Crippen LogP contribution is -2.32. The lowest BCUT2D eigenvalue weighted by atomic mass is 9.95. The number of halogens is 1. The molecule has 1 aromatic carbocycles. The minimum absolute atomic E-state index is 0.0860. The molecule has 1 aliphatic carbocycles. The van der Waals surface area contributed by atoms with E-state index in [1.165, 1.54) is 16.2 Å². The van der Waals surface area contributed by atoms with Crippen LogP contribution in [0.1, 0.15) is 56.8 Å². The fraction of sp³-hybridized carbons (Fsp3) is 0.429. The maximum Gasteiger partial charge on any atom is 0.256 e. The Labute approximate surface area is 173 Å². The molecule has 0 spiro atoms. The van der Waals surface area contributed by atoms with Gasteiger partial charge in [-0.3, -0.25) is 9.59 Å². The van der Waals surface area contributed by atoms with Gasteiger partial charge < -0.3 is 15.4 Å². The summed E-state index contributed by atoms with van der Waals surface area (Å²) in [7, 11) is 0. The molecule has 2 heterocycles. The van der Waals surface area contributed by atoms with Crippen LogP contribution in [0.15, 0.2) is 24.3 Å². The zero-order valence-electron chi connectivity index (χ0n) is 15.6. The summed E-state index contributed by atoms with van der Waals surface area (Å²) in [6, 6.07) is 6.81. The number of nitrogens with one attached hydrogen (secondary N) is 2. The van der Waals surface area contributed by atoms with Gasteiger partial charge in [0.1, 0.15) is 5.00 Å². The van der Waals surface area contributed by atoms with Crippen molar-refractivity contribution in [3.8, 4) is 0 Å². The first-order valence-corrected chi connectivity index (χ1v) is 10.9. The van der Waals surface area contributed by atoms with Gasteiger partial charge in [0, 0.05) is 28.6 Å². The smallest absolute Gasteiger partial charge is 0.256 e. The highest BCUT2D eigenvalue weighted by atomic mass is 35.5. The Hall–Kier alpha value is -1.89. The lowest BCUT2D eigenvalue weighted by Gasteiger charge is -2.15. The van der Waals surface area contributed by atoms with E-state index >= 15 is 0 Å². The fourth-order valence-corrected chi connectivity index (χ4v) is 5.27. The minimum Gasteiger partial charge on any atom is -0.376 e. The van der Waals surface area contributed by atoms with Crippen LogP contribution in [0, 0.1) is 0 Å². The molecule has 1 aliphatic heterocycles. The Morgan fingerprint density at radius 3 is 2.82 bits per heavy atom. The number of hydrogen-bond donors (Lipinski definition) is 2. The zero-order chi connectivity index (χ0) is 19.5. The van der Waals surface area contributed by atoms with E-state index in [9.17, 15) is 9.59 Å². The molecule has 1 fully saturated rings. The third kappa shape index (κ3) is 4.24. The van der Waals surface area contributed by atoms with E-state index in [-0.39, 0.29) is 17.9 Å². The van der Waals surface area contributed by atoms with Gasteiger partial charge in [0.05, 0.1) is 11.7 Å². The number of anilines is 1. The van der Waals surface area contributed by atoms with Crippen LogP contribution in [0.4, 0.5) is 5.00 Å². The summed E-state index contributed by atoms with van der Waals surface area (Å²) in [4.78, 5) is 26.9. The summed E-state index contributed by atoms with van der Waals surface area (Å²) in [5.41, 5.74) is 2.18. The normalized spacial score (nSPS) is 18.5. The number of ether oxygens (including phenoxy) is 1. The van der Waals surface area contributed by atoms with Gasteiger partial charge in [-0.1, -0.05) is 17.7 Å². The summed E-state index contributed by atoms with van der Waals surface area (Å²) < 4.78 is 5.60. The quantitative estimate of drug-likeness (QED) is 0.754. The largest absolute Gasteiger partial charge is 0.376 e. The highest BCUT2D eigenvalue weighted by Crippen LogP contribution is 2.38. The van der Waals surface area contributed by atoms with Crippen LogP contribution in [0.3, 0.4) is 0 Å². The molecule has 1 unspecified atom stereocenters. The third-order valence-electron chi connectivity index (χ3n) is 5.23. The molecule has 0 bridgehead atoms. The molecule has 1 atom stereocenters. The molecule has 1 saturated heterocycles. The maximum absolute atomic E-state index is 13.0. The Balaban J connectivity index is 1.56. The van der Waals surface area contributed by atoms with Crippen molar-refractivity contribution in [2.75, 3.05) is 18.5 Å². The van der Waals surface area contributed by atoms with Gasteiger partial charge in [0.25, 0.3) is 11.8 Å². The van der Waals surface area contributed by atoms with Crippen LogP contribution >= 0.6 is 22.9 Å². The van der Waals surface area contributed by atoms with Crippen molar-refractivity contribution in [3.63, 3.8) is 0 Å². The Bertz CT molecular complexity index is 890. The average Bonchev–Trinajstić information content (AvgIpc) is 3.33. The van der Waals surface area contributed by atoms with Crippen molar-refractivity contribution in [3.05, 3.63) is 50.9 Å². The molecular formula is C21H23ClN2O3S. The minimum atomic E-state index is -0.255. The molecule has 2 aromatic rings. The van der Waals surface area contributed by atoms with E-state index < -0.39 is 0 Å².